The molecule has 2 amide bonds. The minimum absolute atomic E-state index is 0.0291. The lowest BCUT2D eigenvalue weighted by Gasteiger charge is -2.12. The standard InChI is InChI=1S/C20H23N3O4/c1-12-4-3-5-13(6-12)9-23-10-14(7-16(20(23)27)19(26)21-2)18(25)22-17-8-15(17)11-24/h3-7,10,15,17,24H,8-9,11H2,1-2H3,(H,21,26)(H,22,25). The summed E-state index contributed by atoms with van der Waals surface area (Å²) in [5, 5.41) is 14.4. The molecule has 1 saturated carbocycles. The molecule has 2 atom stereocenters. The van der Waals surface area contributed by atoms with E-state index in [1.165, 1.54) is 23.9 Å². The molecule has 0 aliphatic heterocycles. The van der Waals surface area contributed by atoms with E-state index in [2.05, 4.69) is 10.6 Å². The monoisotopic (exact) mass is 369 g/mol. The van der Waals surface area contributed by atoms with Crippen LogP contribution in [0.25, 0.3) is 0 Å². The number of aliphatic hydroxyl groups excluding tert-OH is 1. The molecular formula is C20H23N3O4. The maximum absolute atomic E-state index is 12.7. The summed E-state index contributed by atoms with van der Waals surface area (Å²) in [4.78, 5) is 37.4. The SMILES string of the molecule is CNC(=O)c1cc(C(=O)NC2CC2CO)cn(Cc2cccc(C)c2)c1=O. The van der Waals surface area contributed by atoms with Crippen molar-refractivity contribution in [1.82, 2.24) is 15.2 Å². The Labute approximate surface area is 157 Å². The minimum Gasteiger partial charge on any atom is -0.396 e. The molecule has 2 aromatic rings. The molecule has 0 spiro atoms. The third kappa shape index (κ3) is 4.25. The van der Waals surface area contributed by atoms with Gasteiger partial charge in [-0.25, -0.2) is 0 Å². The summed E-state index contributed by atoms with van der Waals surface area (Å²) in [6.45, 7) is 2.24. The molecule has 0 bridgehead atoms. The van der Waals surface area contributed by atoms with Crippen LogP contribution in [0.2, 0.25) is 0 Å². The quantitative estimate of drug-likeness (QED) is 0.697. The largest absolute Gasteiger partial charge is 0.396 e. The molecule has 2 unspecified atom stereocenters. The molecule has 0 saturated heterocycles. The third-order valence-electron chi connectivity index (χ3n) is 4.73. The van der Waals surface area contributed by atoms with Crippen molar-refractivity contribution in [3.05, 3.63) is 69.1 Å². The molecule has 3 N–H and O–H groups in total. The number of hydrogen-bond donors (Lipinski definition) is 3. The van der Waals surface area contributed by atoms with Crippen molar-refractivity contribution < 1.29 is 14.7 Å². The van der Waals surface area contributed by atoms with Crippen molar-refractivity contribution >= 4 is 11.8 Å². The van der Waals surface area contributed by atoms with Crippen LogP contribution in [0, 0.1) is 12.8 Å². The van der Waals surface area contributed by atoms with Gasteiger partial charge in [0.25, 0.3) is 17.4 Å². The van der Waals surface area contributed by atoms with Gasteiger partial charge < -0.3 is 20.3 Å². The average Bonchev–Trinajstić information content (AvgIpc) is 3.40. The number of nitrogens with zero attached hydrogens (tertiary/aromatic N) is 1. The van der Waals surface area contributed by atoms with Crippen LogP contribution in [0.3, 0.4) is 0 Å². The molecule has 3 rings (SSSR count). The number of aliphatic hydroxyl groups is 1. The van der Waals surface area contributed by atoms with Crippen LogP contribution in [-0.4, -0.2) is 41.2 Å². The molecule has 142 valence electrons. The highest BCUT2D eigenvalue weighted by Crippen LogP contribution is 2.29. The van der Waals surface area contributed by atoms with Crippen LogP contribution in [0.1, 0.15) is 38.3 Å². The van der Waals surface area contributed by atoms with Crippen LogP contribution in [0.4, 0.5) is 0 Å². The highest BCUT2D eigenvalue weighted by Gasteiger charge is 2.37. The molecule has 1 aromatic carbocycles. The fourth-order valence-electron chi connectivity index (χ4n) is 3.06. The Hall–Kier alpha value is -2.93. The normalized spacial score (nSPS) is 18.0. The Kier molecular flexibility index (Phi) is 5.41. The van der Waals surface area contributed by atoms with Gasteiger partial charge in [0.2, 0.25) is 0 Å². The molecule has 7 heteroatoms. The Morgan fingerprint density at radius 2 is 2.04 bits per heavy atom. The van der Waals surface area contributed by atoms with Crippen LogP contribution >= 0.6 is 0 Å². The second kappa shape index (κ2) is 7.75. The van der Waals surface area contributed by atoms with Crippen molar-refractivity contribution in [3.8, 4) is 0 Å². The summed E-state index contributed by atoms with van der Waals surface area (Å²) in [6.07, 6.45) is 2.20. The van der Waals surface area contributed by atoms with E-state index in [1.54, 1.807) is 0 Å². The topological polar surface area (TPSA) is 100 Å². The van der Waals surface area contributed by atoms with Crippen molar-refractivity contribution in [1.29, 1.82) is 0 Å². The lowest BCUT2D eigenvalue weighted by Crippen LogP contribution is -2.34. The smallest absolute Gasteiger partial charge is 0.263 e. The summed E-state index contributed by atoms with van der Waals surface area (Å²) < 4.78 is 1.38. The predicted octanol–water partition coefficient (Wildman–Crippen LogP) is 0.675. The van der Waals surface area contributed by atoms with Crippen LogP contribution in [0.5, 0.6) is 0 Å². The molecular weight excluding hydrogens is 346 g/mol. The highest BCUT2D eigenvalue weighted by atomic mass is 16.3. The first-order valence-electron chi connectivity index (χ1n) is 8.86. The molecule has 0 radical (unpaired) electrons. The van der Waals surface area contributed by atoms with Crippen LogP contribution in [0.15, 0.2) is 41.3 Å². The minimum atomic E-state index is -0.535. The summed E-state index contributed by atoms with van der Waals surface area (Å²) in [5.74, 6) is -0.822. The second-order valence-electron chi connectivity index (χ2n) is 6.90. The maximum atomic E-state index is 12.7. The fraction of sp³-hybridized carbons (Fsp3) is 0.350. The average molecular weight is 369 g/mol. The van der Waals surface area contributed by atoms with Gasteiger partial charge in [-0.3, -0.25) is 14.4 Å². The third-order valence-corrected chi connectivity index (χ3v) is 4.73. The number of rotatable bonds is 6. The Balaban J connectivity index is 1.95. The zero-order valence-corrected chi connectivity index (χ0v) is 15.4. The summed E-state index contributed by atoms with van der Waals surface area (Å²) >= 11 is 0. The molecule has 1 aromatic heterocycles. The number of amides is 2. The van der Waals surface area contributed by atoms with Gasteiger partial charge in [0.05, 0.1) is 12.1 Å². The number of benzene rings is 1. The Bertz CT molecular complexity index is 935. The zero-order chi connectivity index (χ0) is 19.6. The molecule has 1 aliphatic carbocycles. The number of nitrogens with one attached hydrogen (secondary N) is 2. The Morgan fingerprint density at radius 3 is 2.67 bits per heavy atom. The van der Waals surface area contributed by atoms with Gasteiger partial charge in [-0.05, 0) is 25.0 Å². The van der Waals surface area contributed by atoms with E-state index in [1.807, 2.05) is 31.2 Å². The van der Waals surface area contributed by atoms with E-state index in [9.17, 15) is 14.4 Å². The van der Waals surface area contributed by atoms with Crippen molar-refractivity contribution in [2.45, 2.75) is 25.9 Å². The van der Waals surface area contributed by atoms with Gasteiger partial charge >= 0.3 is 0 Å². The van der Waals surface area contributed by atoms with Gasteiger partial charge in [0.1, 0.15) is 5.56 Å². The van der Waals surface area contributed by atoms with E-state index < -0.39 is 11.5 Å². The fourth-order valence-corrected chi connectivity index (χ4v) is 3.06. The first kappa shape index (κ1) is 18.8. The summed E-state index contributed by atoms with van der Waals surface area (Å²) in [5.41, 5.74) is 1.67. The molecule has 1 fully saturated rings. The highest BCUT2D eigenvalue weighted by molar-refractivity contribution is 5.99. The van der Waals surface area contributed by atoms with Crippen LogP contribution < -0.4 is 16.2 Å². The molecule has 1 aliphatic rings. The van der Waals surface area contributed by atoms with Crippen molar-refractivity contribution in [2.24, 2.45) is 5.92 Å². The lowest BCUT2D eigenvalue weighted by atomic mass is 10.1. The number of carbonyl (C=O) groups excluding carboxylic acids is 2. The van der Waals surface area contributed by atoms with Crippen LogP contribution in [-0.2, 0) is 6.54 Å². The maximum Gasteiger partial charge on any atom is 0.263 e. The van der Waals surface area contributed by atoms with Gasteiger partial charge in [-0.2, -0.15) is 0 Å². The zero-order valence-electron chi connectivity index (χ0n) is 15.4. The number of hydrogen-bond acceptors (Lipinski definition) is 4. The van der Waals surface area contributed by atoms with E-state index in [-0.39, 0.29) is 42.1 Å². The van der Waals surface area contributed by atoms with Gasteiger partial charge in [0, 0.05) is 31.8 Å². The number of carbonyl (C=O) groups is 2. The van der Waals surface area contributed by atoms with Gasteiger partial charge in [-0.15, -0.1) is 0 Å². The lowest BCUT2D eigenvalue weighted by molar-refractivity contribution is 0.0946. The van der Waals surface area contributed by atoms with Gasteiger partial charge in [0.15, 0.2) is 0 Å². The predicted molar refractivity (Wildman–Crippen MR) is 101 cm³/mol. The number of aromatic nitrogens is 1. The van der Waals surface area contributed by atoms with E-state index in [4.69, 9.17) is 5.11 Å². The van der Waals surface area contributed by atoms with Crippen molar-refractivity contribution in [2.75, 3.05) is 13.7 Å². The summed E-state index contributed by atoms with van der Waals surface area (Å²) in [6, 6.07) is 8.95. The molecule has 1 heterocycles. The van der Waals surface area contributed by atoms with E-state index in [0.717, 1.165) is 17.5 Å². The van der Waals surface area contributed by atoms with E-state index >= 15 is 0 Å². The first-order valence-corrected chi connectivity index (χ1v) is 8.86. The molecule has 7 nitrogen and oxygen atoms in total. The van der Waals surface area contributed by atoms with E-state index in [0.29, 0.717) is 0 Å². The Morgan fingerprint density at radius 1 is 1.26 bits per heavy atom. The molecule has 27 heavy (non-hydrogen) atoms. The summed E-state index contributed by atoms with van der Waals surface area (Å²) in [7, 11) is 1.44. The number of aryl methyl sites for hydroxylation is 1. The van der Waals surface area contributed by atoms with Gasteiger partial charge in [-0.1, -0.05) is 29.8 Å². The number of pyridine rings is 1. The first-order chi connectivity index (χ1) is 12.9. The van der Waals surface area contributed by atoms with Crippen molar-refractivity contribution in [3.63, 3.8) is 0 Å². The second-order valence-corrected chi connectivity index (χ2v) is 6.90.